The molecule has 0 saturated carbocycles. The zero-order valence-corrected chi connectivity index (χ0v) is 10.6. The van der Waals surface area contributed by atoms with Crippen LogP contribution in [0.15, 0.2) is 36.5 Å². The standard InChI is InChI=1S/C13H14ClN3/c1-3-17(11-6-4-5-10(2)9-11)12-7-8-15-13(14)16-12/h4-9H,3H2,1-2H3. The minimum Gasteiger partial charge on any atom is -0.327 e. The number of hydrogen-bond acceptors (Lipinski definition) is 3. The number of halogens is 1. The summed E-state index contributed by atoms with van der Waals surface area (Å²) in [4.78, 5) is 10.2. The van der Waals surface area contributed by atoms with Crippen LogP contribution in [0.4, 0.5) is 11.5 Å². The van der Waals surface area contributed by atoms with Crippen LogP contribution in [0.25, 0.3) is 0 Å². The van der Waals surface area contributed by atoms with Crippen LogP contribution < -0.4 is 4.90 Å². The Morgan fingerprint density at radius 1 is 1.29 bits per heavy atom. The molecule has 17 heavy (non-hydrogen) atoms. The third kappa shape index (κ3) is 2.74. The Bertz CT molecular complexity index is 468. The minimum absolute atomic E-state index is 0.272. The fraction of sp³-hybridized carbons (Fsp3) is 0.231. The first-order chi connectivity index (χ1) is 8.20. The van der Waals surface area contributed by atoms with E-state index in [1.165, 1.54) is 5.56 Å². The molecule has 0 fully saturated rings. The van der Waals surface area contributed by atoms with Crippen molar-refractivity contribution in [1.29, 1.82) is 0 Å². The fourth-order valence-electron chi connectivity index (χ4n) is 1.75. The van der Waals surface area contributed by atoms with Gasteiger partial charge in [-0.15, -0.1) is 0 Å². The van der Waals surface area contributed by atoms with Crippen molar-refractivity contribution in [3.63, 3.8) is 0 Å². The smallest absolute Gasteiger partial charge is 0.224 e. The number of aryl methyl sites for hydroxylation is 1. The molecule has 2 rings (SSSR count). The van der Waals surface area contributed by atoms with E-state index in [4.69, 9.17) is 11.6 Å². The molecule has 0 saturated heterocycles. The lowest BCUT2D eigenvalue weighted by atomic mass is 10.2. The largest absolute Gasteiger partial charge is 0.327 e. The number of hydrogen-bond donors (Lipinski definition) is 0. The summed E-state index contributed by atoms with van der Waals surface area (Å²) >= 11 is 5.82. The van der Waals surface area contributed by atoms with Crippen molar-refractivity contribution >= 4 is 23.1 Å². The van der Waals surface area contributed by atoms with Crippen LogP contribution in [0, 0.1) is 6.92 Å². The van der Waals surface area contributed by atoms with Gasteiger partial charge in [0.2, 0.25) is 5.28 Å². The van der Waals surface area contributed by atoms with E-state index in [2.05, 4.69) is 46.9 Å². The third-order valence-corrected chi connectivity index (χ3v) is 2.70. The van der Waals surface area contributed by atoms with Gasteiger partial charge in [0.05, 0.1) is 0 Å². The molecule has 0 unspecified atom stereocenters. The zero-order valence-electron chi connectivity index (χ0n) is 9.89. The molecule has 0 spiro atoms. The maximum atomic E-state index is 5.82. The summed E-state index contributed by atoms with van der Waals surface area (Å²) in [6, 6.07) is 10.2. The van der Waals surface area contributed by atoms with Crippen LogP contribution in [0.5, 0.6) is 0 Å². The van der Waals surface area contributed by atoms with Crippen LogP contribution in [0.1, 0.15) is 12.5 Å². The maximum absolute atomic E-state index is 5.82. The molecule has 1 aromatic heterocycles. The van der Waals surface area contributed by atoms with Crippen LogP contribution >= 0.6 is 11.6 Å². The fourth-order valence-corrected chi connectivity index (χ4v) is 1.89. The van der Waals surface area contributed by atoms with E-state index >= 15 is 0 Å². The summed E-state index contributed by atoms with van der Waals surface area (Å²) in [5, 5.41) is 0.272. The molecule has 1 aromatic carbocycles. The number of nitrogens with zero attached hydrogens (tertiary/aromatic N) is 3. The monoisotopic (exact) mass is 247 g/mol. The second-order valence-corrected chi connectivity index (χ2v) is 4.11. The van der Waals surface area contributed by atoms with Crippen LogP contribution in [0.3, 0.4) is 0 Å². The van der Waals surface area contributed by atoms with E-state index in [1.807, 2.05) is 12.1 Å². The van der Waals surface area contributed by atoms with Gasteiger partial charge in [-0.2, -0.15) is 0 Å². The van der Waals surface area contributed by atoms with Gasteiger partial charge in [-0.3, -0.25) is 0 Å². The highest BCUT2D eigenvalue weighted by Gasteiger charge is 2.09. The lowest BCUT2D eigenvalue weighted by Crippen LogP contribution is -2.17. The predicted molar refractivity (Wildman–Crippen MR) is 70.9 cm³/mol. The van der Waals surface area contributed by atoms with Crippen molar-refractivity contribution in [2.75, 3.05) is 11.4 Å². The summed E-state index contributed by atoms with van der Waals surface area (Å²) in [7, 11) is 0. The van der Waals surface area contributed by atoms with Gasteiger partial charge in [0, 0.05) is 18.4 Å². The molecule has 3 nitrogen and oxygen atoms in total. The molecule has 0 N–H and O–H groups in total. The van der Waals surface area contributed by atoms with Gasteiger partial charge in [0.15, 0.2) is 0 Å². The Kier molecular flexibility index (Phi) is 3.59. The van der Waals surface area contributed by atoms with Gasteiger partial charge in [-0.25, -0.2) is 9.97 Å². The van der Waals surface area contributed by atoms with E-state index in [0.717, 1.165) is 18.1 Å². The third-order valence-electron chi connectivity index (χ3n) is 2.52. The Morgan fingerprint density at radius 2 is 2.12 bits per heavy atom. The summed E-state index contributed by atoms with van der Waals surface area (Å²) < 4.78 is 0. The number of rotatable bonds is 3. The number of anilines is 2. The molecule has 0 bridgehead atoms. The second kappa shape index (κ2) is 5.15. The van der Waals surface area contributed by atoms with E-state index in [-0.39, 0.29) is 5.28 Å². The molecule has 0 amide bonds. The van der Waals surface area contributed by atoms with Crippen molar-refractivity contribution in [1.82, 2.24) is 9.97 Å². The first kappa shape index (κ1) is 11.9. The molecule has 0 aliphatic rings. The molecular weight excluding hydrogens is 234 g/mol. The summed E-state index contributed by atoms with van der Waals surface area (Å²) in [5.41, 5.74) is 2.34. The molecule has 2 aromatic rings. The lowest BCUT2D eigenvalue weighted by Gasteiger charge is -2.22. The van der Waals surface area contributed by atoms with Crippen LogP contribution in [-0.4, -0.2) is 16.5 Å². The quantitative estimate of drug-likeness (QED) is 0.776. The van der Waals surface area contributed by atoms with Crippen molar-refractivity contribution in [2.45, 2.75) is 13.8 Å². The van der Waals surface area contributed by atoms with E-state index < -0.39 is 0 Å². The van der Waals surface area contributed by atoms with Gasteiger partial charge in [-0.1, -0.05) is 12.1 Å². The Balaban J connectivity index is 2.40. The van der Waals surface area contributed by atoms with Crippen molar-refractivity contribution < 1.29 is 0 Å². The molecule has 0 aliphatic heterocycles. The average molecular weight is 248 g/mol. The van der Waals surface area contributed by atoms with Gasteiger partial charge in [0.25, 0.3) is 0 Å². The SMILES string of the molecule is CCN(c1cccc(C)c1)c1ccnc(Cl)n1. The van der Waals surface area contributed by atoms with Crippen molar-refractivity contribution in [2.24, 2.45) is 0 Å². The molecular formula is C13H14ClN3. The Morgan fingerprint density at radius 3 is 2.76 bits per heavy atom. The molecule has 0 atom stereocenters. The van der Waals surface area contributed by atoms with Gasteiger partial charge >= 0.3 is 0 Å². The van der Waals surface area contributed by atoms with E-state index in [1.54, 1.807) is 6.20 Å². The minimum atomic E-state index is 0.272. The Labute approximate surface area is 106 Å². The van der Waals surface area contributed by atoms with Gasteiger partial charge in [-0.05, 0) is 49.2 Å². The summed E-state index contributed by atoms with van der Waals surface area (Å²) in [6.07, 6.45) is 1.67. The first-order valence-corrected chi connectivity index (χ1v) is 5.91. The van der Waals surface area contributed by atoms with E-state index in [0.29, 0.717) is 0 Å². The molecule has 1 heterocycles. The van der Waals surface area contributed by atoms with Crippen molar-refractivity contribution in [3.05, 3.63) is 47.4 Å². The molecule has 88 valence electrons. The highest BCUT2D eigenvalue weighted by molar-refractivity contribution is 6.28. The normalized spacial score (nSPS) is 10.3. The first-order valence-electron chi connectivity index (χ1n) is 5.53. The average Bonchev–Trinajstić information content (AvgIpc) is 2.30. The zero-order chi connectivity index (χ0) is 12.3. The summed E-state index contributed by atoms with van der Waals surface area (Å²) in [6.45, 7) is 4.99. The van der Waals surface area contributed by atoms with Crippen LogP contribution in [0.2, 0.25) is 5.28 Å². The van der Waals surface area contributed by atoms with Gasteiger partial charge in [0.1, 0.15) is 5.82 Å². The molecule has 0 radical (unpaired) electrons. The highest BCUT2D eigenvalue weighted by atomic mass is 35.5. The second-order valence-electron chi connectivity index (χ2n) is 3.77. The molecule has 0 aliphatic carbocycles. The number of benzene rings is 1. The summed E-state index contributed by atoms with van der Waals surface area (Å²) in [5.74, 6) is 0.818. The highest BCUT2D eigenvalue weighted by Crippen LogP contribution is 2.24. The van der Waals surface area contributed by atoms with E-state index in [9.17, 15) is 0 Å². The van der Waals surface area contributed by atoms with Crippen molar-refractivity contribution in [3.8, 4) is 0 Å². The van der Waals surface area contributed by atoms with Crippen LogP contribution in [-0.2, 0) is 0 Å². The topological polar surface area (TPSA) is 29.0 Å². The van der Waals surface area contributed by atoms with Gasteiger partial charge < -0.3 is 4.90 Å². The Hall–Kier alpha value is -1.61. The lowest BCUT2D eigenvalue weighted by molar-refractivity contribution is 0.975. The predicted octanol–water partition coefficient (Wildman–Crippen LogP) is 3.60. The number of aromatic nitrogens is 2. The molecule has 4 heteroatoms. The maximum Gasteiger partial charge on any atom is 0.224 e.